The van der Waals surface area contributed by atoms with E-state index >= 15 is 0 Å². The number of hydrogen-bond donors (Lipinski definition) is 0. The summed E-state index contributed by atoms with van der Waals surface area (Å²) in [7, 11) is 0. The molecule has 8 heteroatoms. The first-order valence-electron chi connectivity index (χ1n) is 15.8. The molecule has 3 aliphatic rings. The molecule has 0 N–H and O–H groups in total. The van der Waals surface area contributed by atoms with Crippen molar-refractivity contribution in [3.05, 3.63) is 70.5 Å². The van der Waals surface area contributed by atoms with Crippen LogP contribution in [0.25, 0.3) is 0 Å². The number of alkyl halides is 2. The molecule has 42 heavy (non-hydrogen) atoms. The Morgan fingerprint density at radius 3 is 1.88 bits per heavy atom. The number of halogens is 5. The van der Waals surface area contributed by atoms with Gasteiger partial charge in [-0.3, -0.25) is 0 Å². The second kappa shape index (κ2) is 14.2. The third kappa shape index (κ3) is 7.72. The molecule has 0 aromatic heterocycles. The lowest BCUT2D eigenvalue weighted by Gasteiger charge is -2.38. The van der Waals surface area contributed by atoms with Gasteiger partial charge in [0.25, 0.3) is 0 Å². The van der Waals surface area contributed by atoms with E-state index in [4.69, 9.17) is 14.2 Å². The molecule has 3 nitrogen and oxygen atoms in total. The van der Waals surface area contributed by atoms with Crippen LogP contribution in [0.1, 0.15) is 113 Å². The molecule has 2 aliphatic carbocycles. The summed E-state index contributed by atoms with van der Waals surface area (Å²) in [6.45, 7) is 3.73. The molecule has 0 unspecified atom stereocenters. The van der Waals surface area contributed by atoms with Gasteiger partial charge in [0.05, 0.1) is 24.9 Å². The van der Waals surface area contributed by atoms with Crippen LogP contribution in [0.15, 0.2) is 36.4 Å². The lowest BCUT2D eigenvalue weighted by atomic mass is 9.69. The third-order valence-electron chi connectivity index (χ3n) is 9.65. The number of benzene rings is 2. The zero-order chi connectivity index (χ0) is 29.7. The van der Waals surface area contributed by atoms with Crippen LogP contribution in [-0.4, -0.2) is 19.3 Å². The predicted octanol–water partition coefficient (Wildman–Crippen LogP) is 9.94. The summed E-state index contributed by atoms with van der Waals surface area (Å²) in [6, 6.07) is 9.30. The molecule has 0 bridgehead atoms. The lowest BCUT2D eigenvalue weighted by Crippen LogP contribution is -2.32. The van der Waals surface area contributed by atoms with Crippen molar-refractivity contribution >= 4 is 0 Å². The number of rotatable bonds is 10. The second-order valence-corrected chi connectivity index (χ2v) is 12.6. The van der Waals surface area contributed by atoms with Crippen molar-refractivity contribution in [3.8, 4) is 0 Å². The standard InChI is InChI=1S/C34H43F5O3/c1-2-3-4-5-22-20-40-33(41-21-22)27-12-10-25(11-13-27)23-6-8-24(9-7-23)26-14-16-29(17-15-26)42-34(38,39)28-18-30(35)32(37)31(36)19-28/h10-13,18-19,22-24,26,29,33H,2-9,14-17,20-21H2,1H3. The van der Waals surface area contributed by atoms with E-state index in [0.29, 0.717) is 48.6 Å². The SMILES string of the molecule is CCCCCC1COC(c2ccc(C3CCC(C4CCC(OC(F)(F)c5cc(F)c(F)c(F)c5)CC4)CC3)cc2)OC1. The summed E-state index contributed by atoms with van der Waals surface area (Å²) in [5.74, 6) is -3.03. The Morgan fingerprint density at radius 2 is 1.31 bits per heavy atom. The summed E-state index contributed by atoms with van der Waals surface area (Å²) in [5, 5.41) is 0. The first-order chi connectivity index (χ1) is 20.2. The molecule has 1 aliphatic heterocycles. The fourth-order valence-electron chi connectivity index (χ4n) is 7.11. The van der Waals surface area contributed by atoms with E-state index < -0.39 is 35.2 Å². The molecule has 3 fully saturated rings. The molecule has 2 aromatic rings. The normalized spacial score (nSPS) is 29.0. The monoisotopic (exact) mass is 594 g/mol. The van der Waals surface area contributed by atoms with Crippen LogP contribution in [-0.2, 0) is 20.3 Å². The van der Waals surface area contributed by atoms with Crippen LogP contribution >= 0.6 is 0 Å². The van der Waals surface area contributed by atoms with Crippen molar-refractivity contribution in [1.29, 1.82) is 0 Å². The third-order valence-corrected chi connectivity index (χ3v) is 9.65. The highest BCUT2D eigenvalue weighted by atomic mass is 19.3. The van der Waals surface area contributed by atoms with Crippen molar-refractivity contribution in [2.24, 2.45) is 17.8 Å². The molecule has 5 rings (SSSR count). The molecule has 0 radical (unpaired) electrons. The van der Waals surface area contributed by atoms with Crippen LogP contribution < -0.4 is 0 Å². The van der Waals surface area contributed by atoms with Crippen molar-refractivity contribution in [2.75, 3.05) is 13.2 Å². The average Bonchev–Trinajstić information content (AvgIpc) is 3.00. The minimum absolute atomic E-state index is 0.283. The van der Waals surface area contributed by atoms with Gasteiger partial charge < -0.3 is 14.2 Å². The van der Waals surface area contributed by atoms with Crippen LogP contribution in [0, 0.1) is 35.2 Å². The van der Waals surface area contributed by atoms with Gasteiger partial charge in [0.1, 0.15) is 0 Å². The first-order valence-corrected chi connectivity index (χ1v) is 15.8. The van der Waals surface area contributed by atoms with Crippen molar-refractivity contribution < 1.29 is 36.2 Å². The Labute approximate surface area is 246 Å². The topological polar surface area (TPSA) is 27.7 Å². The van der Waals surface area contributed by atoms with E-state index in [2.05, 4.69) is 31.2 Å². The second-order valence-electron chi connectivity index (χ2n) is 12.6. The van der Waals surface area contributed by atoms with Crippen molar-refractivity contribution in [1.82, 2.24) is 0 Å². The van der Waals surface area contributed by atoms with E-state index in [0.717, 1.165) is 63.7 Å². The van der Waals surface area contributed by atoms with Crippen LogP contribution in [0.4, 0.5) is 22.0 Å². The average molecular weight is 595 g/mol. The van der Waals surface area contributed by atoms with E-state index in [1.165, 1.54) is 24.8 Å². The maximum atomic E-state index is 14.6. The maximum absolute atomic E-state index is 14.6. The largest absolute Gasteiger partial charge is 0.383 e. The van der Waals surface area contributed by atoms with Gasteiger partial charge in [0.2, 0.25) is 0 Å². The Morgan fingerprint density at radius 1 is 0.762 bits per heavy atom. The quantitative estimate of drug-likeness (QED) is 0.156. The number of hydrogen-bond acceptors (Lipinski definition) is 3. The molecule has 0 atom stereocenters. The molecule has 232 valence electrons. The minimum Gasteiger partial charge on any atom is -0.348 e. The van der Waals surface area contributed by atoms with Gasteiger partial charge >= 0.3 is 6.11 Å². The fraction of sp³-hybridized carbons (Fsp3) is 0.647. The molecule has 2 aromatic carbocycles. The number of ether oxygens (including phenoxy) is 3. The first kappa shape index (κ1) is 31.4. The van der Waals surface area contributed by atoms with E-state index in [-0.39, 0.29) is 6.29 Å². The molecule has 0 amide bonds. The Hall–Kier alpha value is -2.03. The van der Waals surface area contributed by atoms with Gasteiger partial charge in [-0.15, -0.1) is 0 Å². The highest BCUT2D eigenvalue weighted by Gasteiger charge is 2.40. The van der Waals surface area contributed by atoms with Gasteiger partial charge in [-0.25, -0.2) is 13.2 Å². The molecule has 2 saturated carbocycles. The van der Waals surface area contributed by atoms with E-state index in [1.807, 2.05) is 0 Å². The lowest BCUT2D eigenvalue weighted by molar-refractivity contribution is -0.278. The van der Waals surface area contributed by atoms with Gasteiger partial charge in [0.15, 0.2) is 23.7 Å². The Balaban J connectivity index is 1.04. The summed E-state index contributed by atoms with van der Waals surface area (Å²) >= 11 is 0. The molecular weight excluding hydrogens is 551 g/mol. The van der Waals surface area contributed by atoms with Gasteiger partial charge in [-0.05, 0) is 93.2 Å². The van der Waals surface area contributed by atoms with Crippen molar-refractivity contribution in [2.45, 2.75) is 108 Å². The van der Waals surface area contributed by atoms with Gasteiger partial charge in [-0.2, -0.15) is 8.78 Å². The summed E-state index contributed by atoms with van der Waals surface area (Å²) < 4.78 is 86.4. The van der Waals surface area contributed by atoms with Gasteiger partial charge in [0, 0.05) is 11.5 Å². The van der Waals surface area contributed by atoms with Crippen LogP contribution in [0.3, 0.4) is 0 Å². The maximum Gasteiger partial charge on any atom is 0.383 e. The van der Waals surface area contributed by atoms with E-state index in [1.54, 1.807) is 0 Å². The highest BCUT2D eigenvalue weighted by molar-refractivity contribution is 5.27. The zero-order valence-electron chi connectivity index (χ0n) is 24.4. The highest BCUT2D eigenvalue weighted by Crippen LogP contribution is 2.45. The van der Waals surface area contributed by atoms with E-state index in [9.17, 15) is 22.0 Å². The smallest absolute Gasteiger partial charge is 0.348 e. The van der Waals surface area contributed by atoms with Crippen molar-refractivity contribution in [3.63, 3.8) is 0 Å². The summed E-state index contributed by atoms with van der Waals surface area (Å²) in [4.78, 5) is 0. The predicted molar refractivity (Wildman–Crippen MR) is 150 cm³/mol. The van der Waals surface area contributed by atoms with Crippen LogP contribution in [0.5, 0.6) is 0 Å². The summed E-state index contributed by atoms with van der Waals surface area (Å²) in [5.41, 5.74) is 1.41. The minimum atomic E-state index is -3.88. The molecular formula is C34H43F5O3. The fourth-order valence-corrected chi connectivity index (χ4v) is 7.11. The number of unbranched alkanes of at least 4 members (excludes halogenated alkanes) is 2. The zero-order valence-corrected chi connectivity index (χ0v) is 24.4. The van der Waals surface area contributed by atoms with Crippen LogP contribution in [0.2, 0.25) is 0 Å². The Bertz CT molecular complexity index is 1110. The molecule has 1 saturated heterocycles. The Kier molecular flexibility index (Phi) is 10.6. The molecule has 1 heterocycles. The van der Waals surface area contributed by atoms with Gasteiger partial charge in [-0.1, -0.05) is 50.5 Å². The summed E-state index contributed by atoms with van der Waals surface area (Å²) in [6.07, 6.45) is 6.97. The molecule has 0 spiro atoms.